The summed E-state index contributed by atoms with van der Waals surface area (Å²) in [4.78, 5) is 27.9. The Morgan fingerprint density at radius 2 is 1.86 bits per heavy atom. The summed E-state index contributed by atoms with van der Waals surface area (Å²) in [5.74, 6) is -2.76. The molecule has 2 aromatic rings. The summed E-state index contributed by atoms with van der Waals surface area (Å²) in [6, 6.07) is 6.79. The number of methoxy groups -OCH3 is 1. The molecule has 0 fully saturated rings. The maximum Gasteiger partial charge on any atom is 0.412 e. The molecule has 0 aliphatic carbocycles. The first-order valence-electron chi connectivity index (χ1n) is 8.31. The van der Waals surface area contributed by atoms with Crippen LogP contribution in [0.1, 0.15) is 26.3 Å². The van der Waals surface area contributed by atoms with Gasteiger partial charge in [0, 0.05) is 11.8 Å². The van der Waals surface area contributed by atoms with Crippen molar-refractivity contribution >= 4 is 18.1 Å². The Hall–Kier alpha value is -3.29. The number of carbonyl (C=O) groups excluding carboxylic acids is 2. The van der Waals surface area contributed by atoms with Crippen molar-refractivity contribution in [1.82, 2.24) is 10.3 Å². The van der Waals surface area contributed by atoms with Crippen molar-refractivity contribution in [3.63, 3.8) is 0 Å². The third-order valence-corrected chi connectivity index (χ3v) is 3.37. The maximum absolute atomic E-state index is 13.9. The van der Waals surface area contributed by atoms with E-state index in [1.165, 1.54) is 43.6 Å². The van der Waals surface area contributed by atoms with E-state index in [-0.39, 0.29) is 17.0 Å². The summed E-state index contributed by atoms with van der Waals surface area (Å²) in [7, 11) is 1.17. The average molecular weight is 390 g/mol. The van der Waals surface area contributed by atoms with Crippen molar-refractivity contribution in [3.8, 4) is 11.3 Å². The molecule has 0 atom stereocenters. The largest absolute Gasteiger partial charge is 0.464 e. The summed E-state index contributed by atoms with van der Waals surface area (Å²) in [6.07, 6.45) is 1.85. The van der Waals surface area contributed by atoms with Crippen molar-refractivity contribution in [2.75, 3.05) is 7.11 Å². The van der Waals surface area contributed by atoms with Crippen LogP contribution in [0.15, 0.2) is 42.2 Å². The molecule has 0 saturated heterocycles. The zero-order valence-electron chi connectivity index (χ0n) is 15.9. The Balaban J connectivity index is 2.27. The molecule has 6 nitrogen and oxygen atoms in total. The van der Waals surface area contributed by atoms with E-state index in [1.807, 2.05) is 0 Å². The fourth-order valence-corrected chi connectivity index (χ4v) is 2.19. The van der Waals surface area contributed by atoms with Crippen LogP contribution in [0.2, 0.25) is 0 Å². The van der Waals surface area contributed by atoms with Crippen molar-refractivity contribution in [2.24, 2.45) is 0 Å². The number of rotatable bonds is 4. The van der Waals surface area contributed by atoms with Gasteiger partial charge in [-0.25, -0.2) is 18.4 Å². The van der Waals surface area contributed by atoms with Gasteiger partial charge in [-0.2, -0.15) is 0 Å². The molecule has 0 radical (unpaired) electrons. The first-order chi connectivity index (χ1) is 13.1. The van der Waals surface area contributed by atoms with Crippen LogP contribution >= 0.6 is 0 Å². The Labute approximate surface area is 161 Å². The fourth-order valence-electron chi connectivity index (χ4n) is 2.19. The van der Waals surface area contributed by atoms with Crippen LogP contribution in [0, 0.1) is 11.6 Å². The quantitative estimate of drug-likeness (QED) is 0.629. The van der Waals surface area contributed by atoms with E-state index in [9.17, 15) is 18.4 Å². The number of benzene rings is 1. The van der Waals surface area contributed by atoms with Crippen LogP contribution in [-0.2, 0) is 14.3 Å². The van der Waals surface area contributed by atoms with Crippen LogP contribution < -0.4 is 5.32 Å². The lowest BCUT2D eigenvalue weighted by atomic mass is 10.1. The van der Waals surface area contributed by atoms with Gasteiger partial charge in [-0.3, -0.25) is 10.3 Å². The fraction of sp³-hybridized carbons (Fsp3) is 0.250. The first-order valence-corrected chi connectivity index (χ1v) is 8.31. The molecule has 1 heterocycles. The van der Waals surface area contributed by atoms with Crippen molar-refractivity contribution < 1.29 is 27.8 Å². The minimum Gasteiger partial charge on any atom is -0.464 e. The van der Waals surface area contributed by atoms with Gasteiger partial charge < -0.3 is 9.47 Å². The van der Waals surface area contributed by atoms with Gasteiger partial charge in [-0.15, -0.1) is 0 Å². The highest BCUT2D eigenvalue weighted by Crippen LogP contribution is 2.23. The minimum absolute atomic E-state index is 0.00982. The van der Waals surface area contributed by atoms with Gasteiger partial charge in [0.05, 0.1) is 12.8 Å². The van der Waals surface area contributed by atoms with E-state index in [4.69, 9.17) is 4.74 Å². The number of halogens is 2. The maximum atomic E-state index is 13.9. The van der Waals surface area contributed by atoms with E-state index in [1.54, 1.807) is 20.8 Å². The molecule has 28 heavy (non-hydrogen) atoms. The van der Waals surface area contributed by atoms with Crippen molar-refractivity contribution in [1.29, 1.82) is 0 Å². The first kappa shape index (κ1) is 21.0. The monoisotopic (exact) mass is 390 g/mol. The molecule has 0 aliphatic rings. The molecule has 1 aromatic carbocycles. The number of hydrogen-bond donors (Lipinski definition) is 1. The zero-order valence-corrected chi connectivity index (χ0v) is 15.9. The predicted octanol–water partition coefficient (Wildman–Crippen LogP) is 4.07. The molecule has 2 rings (SSSR count). The molecular formula is C20H20F2N2O4. The topological polar surface area (TPSA) is 77.5 Å². The lowest BCUT2D eigenvalue weighted by Gasteiger charge is -2.20. The smallest absolute Gasteiger partial charge is 0.412 e. The lowest BCUT2D eigenvalue weighted by molar-refractivity contribution is -0.136. The summed E-state index contributed by atoms with van der Waals surface area (Å²) in [5, 5.41) is 2.32. The second-order valence-electron chi connectivity index (χ2n) is 6.75. The van der Waals surface area contributed by atoms with E-state index in [2.05, 4.69) is 15.0 Å². The van der Waals surface area contributed by atoms with E-state index >= 15 is 0 Å². The summed E-state index contributed by atoms with van der Waals surface area (Å²) >= 11 is 0. The molecule has 0 aliphatic heterocycles. The van der Waals surface area contributed by atoms with Gasteiger partial charge in [-0.05, 0) is 50.6 Å². The molecule has 148 valence electrons. The molecule has 0 saturated carbocycles. The van der Waals surface area contributed by atoms with Gasteiger partial charge in [0.25, 0.3) is 0 Å². The Morgan fingerprint density at radius 1 is 1.14 bits per heavy atom. The molecule has 1 amide bonds. The van der Waals surface area contributed by atoms with E-state index in [0.717, 1.165) is 6.07 Å². The van der Waals surface area contributed by atoms with Crippen molar-refractivity contribution in [2.45, 2.75) is 26.4 Å². The molecular weight excluding hydrogens is 370 g/mol. The molecule has 0 unspecified atom stereocenters. The second-order valence-corrected chi connectivity index (χ2v) is 6.75. The minimum atomic E-state index is -1.000. The molecule has 1 aromatic heterocycles. The number of nitrogens with one attached hydrogen (secondary N) is 1. The number of carbonyl (C=O) groups is 2. The number of esters is 1. The standard InChI is InChI=1S/C20H20F2N2O4/c1-20(2,3)28-19(26)24-16(18(25)27-4)10-12-8-9-15(23-11-12)13-6-5-7-14(21)17(13)22/h5-11H,1-4H3,(H,24,26)/b16-10+. The summed E-state index contributed by atoms with van der Waals surface area (Å²) < 4.78 is 37.0. The van der Waals surface area contributed by atoms with Gasteiger partial charge in [-0.1, -0.05) is 12.1 Å². The highest BCUT2D eigenvalue weighted by molar-refractivity contribution is 5.96. The number of pyridine rings is 1. The molecule has 0 bridgehead atoms. The van der Waals surface area contributed by atoms with Gasteiger partial charge in [0.2, 0.25) is 0 Å². The molecule has 8 heteroatoms. The number of aromatic nitrogens is 1. The number of nitrogens with zero attached hydrogens (tertiary/aromatic N) is 1. The third-order valence-electron chi connectivity index (χ3n) is 3.37. The Morgan fingerprint density at radius 3 is 2.43 bits per heavy atom. The van der Waals surface area contributed by atoms with Gasteiger partial charge in [0.1, 0.15) is 11.3 Å². The molecule has 1 N–H and O–H groups in total. The zero-order chi connectivity index (χ0) is 20.9. The number of alkyl carbamates (subject to hydrolysis) is 1. The summed E-state index contributed by atoms with van der Waals surface area (Å²) in [6.45, 7) is 5.05. The highest BCUT2D eigenvalue weighted by Gasteiger charge is 2.20. The predicted molar refractivity (Wildman–Crippen MR) is 99.0 cm³/mol. The number of ether oxygens (including phenoxy) is 2. The second kappa shape index (κ2) is 8.60. The van der Waals surface area contributed by atoms with E-state index < -0.39 is 29.3 Å². The number of hydrogen-bond acceptors (Lipinski definition) is 5. The van der Waals surface area contributed by atoms with Crippen LogP contribution in [0.3, 0.4) is 0 Å². The van der Waals surface area contributed by atoms with E-state index in [0.29, 0.717) is 5.56 Å². The van der Waals surface area contributed by atoms with Crippen LogP contribution in [0.4, 0.5) is 13.6 Å². The van der Waals surface area contributed by atoms with Gasteiger partial charge in [0.15, 0.2) is 11.6 Å². The average Bonchev–Trinajstić information content (AvgIpc) is 2.62. The lowest BCUT2D eigenvalue weighted by Crippen LogP contribution is -2.34. The third kappa shape index (κ3) is 5.60. The Kier molecular flexibility index (Phi) is 6.45. The normalized spacial score (nSPS) is 11.7. The van der Waals surface area contributed by atoms with Gasteiger partial charge >= 0.3 is 12.1 Å². The highest BCUT2D eigenvalue weighted by atomic mass is 19.2. The van der Waals surface area contributed by atoms with Crippen LogP contribution in [0.5, 0.6) is 0 Å². The summed E-state index contributed by atoms with van der Waals surface area (Å²) in [5.41, 5.74) is -0.256. The van der Waals surface area contributed by atoms with Crippen LogP contribution in [-0.4, -0.2) is 29.8 Å². The Bertz CT molecular complexity index is 903. The van der Waals surface area contributed by atoms with Crippen molar-refractivity contribution in [3.05, 3.63) is 59.4 Å². The van der Waals surface area contributed by atoms with Crippen LogP contribution in [0.25, 0.3) is 17.3 Å². The SMILES string of the molecule is COC(=O)/C(=C\c1ccc(-c2cccc(F)c2F)nc1)NC(=O)OC(C)(C)C. The number of amides is 1. The molecule has 0 spiro atoms.